The Kier molecular flexibility index (Phi) is 5.71. The third kappa shape index (κ3) is 4.42. The maximum Gasteiger partial charge on any atom is 0.237 e. The lowest BCUT2D eigenvalue weighted by Gasteiger charge is -2.29. The molecule has 2 aromatic carbocycles. The van der Waals surface area contributed by atoms with Crippen molar-refractivity contribution in [2.24, 2.45) is 5.92 Å². The molecule has 1 amide bonds. The fourth-order valence-corrected chi connectivity index (χ4v) is 4.86. The van der Waals surface area contributed by atoms with E-state index in [2.05, 4.69) is 46.3 Å². The van der Waals surface area contributed by atoms with Crippen molar-refractivity contribution in [1.82, 2.24) is 15.3 Å². The maximum absolute atomic E-state index is 12.8. The summed E-state index contributed by atoms with van der Waals surface area (Å²) in [5.74, 6) is 0.805. The number of aryl methyl sites for hydroxylation is 2. The summed E-state index contributed by atoms with van der Waals surface area (Å²) < 4.78 is 9.52. The second kappa shape index (κ2) is 8.80. The number of benzene rings is 2. The predicted molar refractivity (Wildman–Crippen MR) is 127 cm³/mol. The number of hydrogen-bond donors (Lipinski definition) is 3. The van der Waals surface area contributed by atoms with Gasteiger partial charge in [-0.15, -0.1) is 0 Å². The number of anilines is 2. The largest absolute Gasteiger partial charge is 0.473 e. The van der Waals surface area contributed by atoms with Crippen molar-refractivity contribution in [3.8, 4) is 17.1 Å². The summed E-state index contributed by atoms with van der Waals surface area (Å²) in [6, 6.07) is 15.8. The van der Waals surface area contributed by atoms with Crippen LogP contribution in [0.15, 0.2) is 53.4 Å². The van der Waals surface area contributed by atoms with E-state index >= 15 is 0 Å². The summed E-state index contributed by atoms with van der Waals surface area (Å²) in [7, 11) is 0. The zero-order valence-corrected chi connectivity index (χ0v) is 18.8. The van der Waals surface area contributed by atoms with Crippen LogP contribution in [0.2, 0.25) is 0 Å². The lowest BCUT2D eigenvalue weighted by atomic mass is 9.96. The molecule has 32 heavy (non-hydrogen) atoms. The summed E-state index contributed by atoms with van der Waals surface area (Å²) in [5.41, 5.74) is 4.95. The predicted octanol–water partition coefficient (Wildman–Crippen LogP) is 4.19. The van der Waals surface area contributed by atoms with E-state index in [0.717, 1.165) is 33.0 Å². The van der Waals surface area contributed by atoms with E-state index in [9.17, 15) is 4.79 Å². The van der Waals surface area contributed by atoms with Gasteiger partial charge in [0.1, 0.15) is 6.10 Å². The second-order valence-corrected chi connectivity index (χ2v) is 9.11. The van der Waals surface area contributed by atoms with Crippen LogP contribution >= 0.6 is 11.9 Å². The molecule has 2 aliphatic rings. The van der Waals surface area contributed by atoms with Gasteiger partial charge in [-0.2, -0.15) is 4.98 Å². The van der Waals surface area contributed by atoms with Crippen molar-refractivity contribution in [2.75, 3.05) is 23.1 Å². The molecule has 164 valence electrons. The Bertz CT molecular complexity index is 1150. The molecule has 3 aromatic rings. The highest BCUT2D eigenvalue weighted by molar-refractivity contribution is 8.00. The minimum atomic E-state index is -0.175. The minimum absolute atomic E-state index is 0.00225. The zero-order chi connectivity index (χ0) is 22.1. The Morgan fingerprint density at radius 1 is 1.03 bits per heavy atom. The first-order valence-electron chi connectivity index (χ1n) is 10.7. The summed E-state index contributed by atoms with van der Waals surface area (Å²) in [6.07, 6.45) is 0.466. The van der Waals surface area contributed by atoms with Crippen molar-refractivity contribution >= 4 is 29.5 Å². The van der Waals surface area contributed by atoms with Gasteiger partial charge < -0.3 is 15.4 Å². The Morgan fingerprint density at radius 3 is 2.69 bits per heavy atom. The van der Waals surface area contributed by atoms with E-state index in [1.165, 1.54) is 11.9 Å². The Balaban J connectivity index is 1.57. The lowest BCUT2D eigenvalue weighted by Crippen LogP contribution is -2.46. The van der Waals surface area contributed by atoms with Gasteiger partial charge >= 0.3 is 0 Å². The number of ether oxygens (including phenoxy) is 1. The first-order chi connectivity index (χ1) is 15.5. The van der Waals surface area contributed by atoms with Crippen LogP contribution < -0.4 is 20.1 Å². The monoisotopic (exact) mass is 447 g/mol. The smallest absolute Gasteiger partial charge is 0.237 e. The number of nitrogens with one attached hydrogen (secondary N) is 3. The number of carbonyl (C=O) groups excluding carboxylic acids is 1. The van der Waals surface area contributed by atoms with Gasteiger partial charge in [0.15, 0.2) is 0 Å². The molecule has 0 radical (unpaired) electrons. The van der Waals surface area contributed by atoms with E-state index in [4.69, 9.17) is 9.72 Å². The molecule has 0 saturated carbocycles. The Labute approximate surface area is 191 Å². The molecule has 6 bridgehead atoms. The highest BCUT2D eigenvalue weighted by Gasteiger charge is 2.29. The number of fused-ring (bicyclic) bond motifs is 6. The number of carbonyl (C=O) groups is 1. The van der Waals surface area contributed by atoms with Crippen LogP contribution in [0.3, 0.4) is 0 Å². The Morgan fingerprint density at radius 2 is 1.84 bits per heavy atom. The van der Waals surface area contributed by atoms with Crippen molar-refractivity contribution in [1.29, 1.82) is 0 Å². The Hall–Kier alpha value is -3.10. The second-order valence-electron chi connectivity index (χ2n) is 8.23. The normalized spacial score (nSPS) is 20.4. The highest BCUT2D eigenvalue weighted by Crippen LogP contribution is 2.31. The van der Waals surface area contributed by atoms with E-state index in [0.29, 0.717) is 31.3 Å². The molecular weight excluding hydrogens is 422 g/mol. The van der Waals surface area contributed by atoms with Gasteiger partial charge in [-0.05, 0) is 61.5 Å². The van der Waals surface area contributed by atoms with Crippen LogP contribution in [0.5, 0.6) is 5.88 Å². The minimum Gasteiger partial charge on any atom is -0.473 e. The number of amides is 1. The molecule has 0 spiro atoms. The molecule has 3 N–H and O–H groups in total. The molecule has 5 rings (SSSR count). The van der Waals surface area contributed by atoms with Crippen LogP contribution in [0, 0.1) is 19.8 Å². The number of rotatable bonds is 1. The van der Waals surface area contributed by atoms with E-state index in [-0.39, 0.29) is 17.9 Å². The van der Waals surface area contributed by atoms with Gasteiger partial charge in [0.2, 0.25) is 17.7 Å². The van der Waals surface area contributed by atoms with Crippen LogP contribution in [-0.2, 0) is 4.79 Å². The number of nitrogens with zero attached hydrogens (tertiary/aromatic N) is 2. The summed E-state index contributed by atoms with van der Waals surface area (Å²) >= 11 is 1.40. The third-order valence-electron chi connectivity index (χ3n) is 5.77. The zero-order valence-electron chi connectivity index (χ0n) is 18.0. The molecular formula is C24H25N5O2S. The summed E-state index contributed by atoms with van der Waals surface area (Å²) in [6.45, 7) is 5.46. The van der Waals surface area contributed by atoms with Gasteiger partial charge in [-0.3, -0.25) is 9.52 Å². The summed E-state index contributed by atoms with van der Waals surface area (Å²) in [5, 5.41) is 6.36. The first kappa shape index (κ1) is 20.8. The average molecular weight is 448 g/mol. The summed E-state index contributed by atoms with van der Waals surface area (Å²) in [4.78, 5) is 23.2. The molecule has 7 nitrogen and oxygen atoms in total. The number of piperidine rings is 1. The van der Waals surface area contributed by atoms with E-state index in [1.54, 1.807) is 0 Å². The van der Waals surface area contributed by atoms with Crippen molar-refractivity contribution in [2.45, 2.75) is 31.3 Å². The van der Waals surface area contributed by atoms with Gasteiger partial charge in [-0.25, -0.2) is 4.98 Å². The van der Waals surface area contributed by atoms with Crippen LogP contribution in [0.1, 0.15) is 17.5 Å². The fraction of sp³-hybridized carbons (Fsp3) is 0.292. The maximum atomic E-state index is 12.8. The van der Waals surface area contributed by atoms with Gasteiger partial charge in [0.25, 0.3) is 0 Å². The van der Waals surface area contributed by atoms with E-state index in [1.807, 2.05) is 36.4 Å². The highest BCUT2D eigenvalue weighted by atomic mass is 32.2. The third-order valence-corrected chi connectivity index (χ3v) is 6.54. The topological polar surface area (TPSA) is 88.2 Å². The van der Waals surface area contributed by atoms with Crippen LogP contribution in [0.4, 0.5) is 11.6 Å². The molecule has 3 heterocycles. The van der Waals surface area contributed by atoms with Gasteiger partial charge in [0, 0.05) is 35.3 Å². The lowest BCUT2D eigenvalue weighted by molar-refractivity contribution is -0.121. The molecule has 8 heteroatoms. The van der Waals surface area contributed by atoms with Crippen LogP contribution in [-0.4, -0.2) is 35.1 Å². The van der Waals surface area contributed by atoms with Crippen molar-refractivity contribution in [3.63, 3.8) is 0 Å². The number of aromatic nitrogens is 2. The molecule has 2 aliphatic heterocycles. The van der Waals surface area contributed by atoms with Crippen molar-refractivity contribution < 1.29 is 9.53 Å². The average Bonchev–Trinajstić information content (AvgIpc) is 2.77. The van der Waals surface area contributed by atoms with Crippen LogP contribution in [0.25, 0.3) is 11.3 Å². The van der Waals surface area contributed by atoms with Gasteiger partial charge in [0.05, 0.1) is 11.6 Å². The van der Waals surface area contributed by atoms with E-state index < -0.39 is 0 Å². The number of hydrogen-bond acceptors (Lipinski definition) is 7. The molecule has 1 saturated heterocycles. The SMILES string of the molecule is Cc1cccc(C)c1-c1cc2nc(n1)NSc1cccc(c1)NC(=O)[C@@H]1CNC[C@H](C1)O2. The molecule has 1 aromatic heterocycles. The molecule has 0 aliphatic carbocycles. The fourth-order valence-electron chi connectivity index (χ4n) is 4.23. The quantitative estimate of drug-likeness (QED) is 0.482. The standard InChI is InChI=1S/C24H25N5O2S/c1-14-5-3-6-15(2)22(14)20-11-21-28-24(27-20)29-32-19-8-4-7-17(10-19)26-23(30)16-9-18(31-21)13-25-12-16/h3-8,10-11,16,18,25H,9,12-13H2,1-2H3,(H,26,30)(H,27,28,29)/t16-,18-/m0/s1. The van der Waals surface area contributed by atoms with Crippen molar-refractivity contribution in [3.05, 3.63) is 59.7 Å². The first-order valence-corrected chi connectivity index (χ1v) is 11.5. The molecule has 0 unspecified atom stereocenters. The molecule has 1 fully saturated rings. The molecule has 2 atom stereocenters. The van der Waals surface area contributed by atoms with Gasteiger partial charge in [-0.1, -0.05) is 24.3 Å².